The molecule has 1 saturated heterocycles. The predicted molar refractivity (Wildman–Crippen MR) is 89.0 cm³/mol. The minimum absolute atomic E-state index is 0.208. The Morgan fingerprint density at radius 3 is 2.81 bits per heavy atom. The highest BCUT2D eigenvalue weighted by molar-refractivity contribution is 5.28. The summed E-state index contributed by atoms with van der Waals surface area (Å²) in [4.78, 5) is 2.65. The van der Waals surface area contributed by atoms with Crippen molar-refractivity contribution in [2.45, 2.75) is 45.7 Å². The molecule has 1 aliphatic rings. The molecule has 1 unspecified atom stereocenters. The molecular weight excluding hydrogens is 260 g/mol. The Balaban J connectivity index is 2.00. The molecule has 0 spiro atoms. The first-order valence-electron chi connectivity index (χ1n) is 8.03. The first kappa shape index (κ1) is 16.3. The van der Waals surface area contributed by atoms with Crippen LogP contribution in [0.25, 0.3) is 0 Å². The number of nitrogens with one attached hydrogen (secondary N) is 1. The molecule has 1 heterocycles. The molecule has 0 radical (unpaired) electrons. The van der Waals surface area contributed by atoms with Gasteiger partial charge in [-0.15, -0.1) is 0 Å². The van der Waals surface area contributed by atoms with Crippen molar-refractivity contribution in [1.29, 1.82) is 0 Å². The molecule has 0 amide bonds. The van der Waals surface area contributed by atoms with Gasteiger partial charge in [0.2, 0.25) is 0 Å². The fourth-order valence-corrected chi connectivity index (χ4v) is 3.19. The minimum atomic E-state index is 0.208. The van der Waals surface area contributed by atoms with Crippen LogP contribution < -0.4 is 10.1 Å². The van der Waals surface area contributed by atoms with Gasteiger partial charge in [-0.25, -0.2) is 0 Å². The van der Waals surface area contributed by atoms with Gasteiger partial charge in [0.05, 0.1) is 7.11 Å². The third-order valence-electron chi connectivity index (χ3n) is 4.45. The molecule has 3 heteroatoms. The van der Waals surface area contributed by atoms with Gasteiger partial charge in [0.25, 0.3) is 0 Å². The first-order chi connectivity index (χ1) is 9.91. The highest BCUT2D eigenvalue weighted by atomic mass is 16.5. The van der Waals surface area contributed by atoms with Gasteiger partial charge in [-0.2, -0.15) is 0 Å². The van der Waals surface area contributed by atoms with Crippen molar-refractivity contribution < 1.29 is 4.74 Å². The fourth-order valence-electron chi connectivity index (χ4n) is 3.19. The van der Waals surface area contributed by atoms with E-state index in [0.717, 1.165) is 31.8 Å². The second-order valence-electron chi connectivity index (χ2n) is 7.15. The quantitative estimate of drug-likeness (QED) is 0.902. The van der Waals surface area contributed by atoms with E-state index in [0.29, 0.717) is 12.0 Å². The van der Waals surface area contributed by atoms with E-state index in [9.17, 15) is 0 Å². The standard InChI is InChI=1S/C18H30N2O/c1-14(2)17-12-19-18(3,4)13-20(17)10-9-15-7-6-8-16(11-15)21-5/h6-8,11,14,17,19H,9-10,12-13H2,1-5H3. The Morgan fingerprint density at radius 1 is 1.38 bits per heavy atom. The van der Waals surface area contributed by atoms with Crippen LogP contribution in [0, 0.1) is 5.92 Å². The zero-order valence-electron chi connectivity index (χ0n) is 14.1. The molecule has 1 aromatic rings. The van der Waals surface area contributed by atoms with Crippen LogP contribution in [0.4, 0.5) is 0 Å². The second kappa shape index (κ2) is 6.80. The van der Waals surface area contributed by atoms with Crippen molar-refractivity contribution in [2.24, 2.45) is 5.92 Å². The van der Waals surface area contributed by atoms with Crippen LogP contribution in [0.2, 0.25) is 0 Å². The number of nitrogens with zero attached hydrogens (tertiary/aromatic N) is 1. The Kier molecular flexibility index (Phi) is 5.28. The predicted octanol–water partition coefficient (Wildman–Crippen LogP) is 2.95. The highest BCUT2D eigenvalue weighted by Crippen LogP contribution is 2.21. The van der Waals surface area contributed by atoms with E-state index in [1.165, 1.54) is 5.56 Å². The van der Waals surface area contributed by atoms with Crippen molar-refractivity contribution in [3.63, 3.8) is 0 Å². The maximum Gasteiger partial charge on any atom is 0.119 e. The molecular formula is C18H30N2O. The summed E-state index contributed by atoms with van der Waals surface area (Å²) >= 11 is 0. The largest absolute Gasteiger partial charge is 0.497 e. The molecule has 0 saturated carbocycles. The third-order valence-corrected chi connectivity index (χ3v) is 4.45. The Labute approximate surface area is 129 Å². The summed E-state index contributed by atoms with van der Waals surface area (Å²) in [6.07, 6.45) is 1.08. The molecule has 21 heavy (non-hydrogen) atoms. The van der Waals surface area contributed by atoms with E-state index in [-0.39, 0.29) is 5.54 Å². The highest BCUT2D eigenvalue weighted by Gasteiger charge is 2.33. The summed E-state index contributed by atoms with van der Waals surface area (Å²) in [5.41, 5.74) is 1.56. The maximum atomic E-state index is 5.32. The summed E-state index contributed by atoms with van der Waals surface area (Å²) in [5.74, 6) is 1.63. The van der Waals surface area contributed by atoms with Gasteiger partial charge in [-0.3, -0.25) is 4.90 Å². The summed E-state index contributed by atoms with van der Waals surface area (Å²) in [7, 11) is 1.73. The molecule has 1 N–H and O–H groups in total. The van der Waals surface area contributed by atoms with Crippen LogP contribution in [0.3, 0.4) is 0 Å². The van der Waals surface area contributed by atoms with Crippen LogP contribution in [-0.4, -0.2) is 43.2 Å². The van der Waals surface area contributed by atoms with Gasteiger partial charge in [0.15, 0.2) is 0 Å². The van der Waals surface area contributed by atoms with Crippen LogP contribution in [0.1, 0.15) is 33.3 Å². The topological polar surface area (TPSA) is 24.5 Å². The van der Waals surface area contributed by atoms with Gasteiger partial charge in [0.1, 0.15) is 5.75 Å². The molecule has 0 bridgehead atoms. The molecule has 0 aromatic heterocycles. The normalized spacial score (nSPS) is 22.5. The lowest BCUT2D eigenvalue weighted by atomic mass is 9.92. The average Bonchev–Trinajstić information content (AvgIpc) is 2.44. The van der Waals surface area contributed by atoms with Gasteiger partial charge in [0, 0.05) is 31.2 Å². The van der Waals surface area contributed by atoms with E-state index < -0.39 is 0 Å². The lowest BCUT2D eigenvalue weighted by Crippen LogP contribution is -2.63. The number of methoxy groups -OCH3 is 1. The molecule has 1 fully saturated rings. The zero-order chi connectivity index (χ0) is 15.5. The lowest BCUT2D eigenvalue weighted by molar-refractivity contribution is 0.0705. The molecule has 2 rings (SSSR count). The summed E-state index contributed by atoms with van der Waals surface area (Å²) < 4.78 is 5.32. The number of piperazine rings is 1. The molecule has 1 aromatic carbocycles. The van der Waals surface area contributed by atoms with Crippen LogP contribution in [0.5, 0.6) is 5.75 Å². The van der Waals surface area contributed by atoms with Crippen LogP contribution in [0.15, 0.2) is 24.3 Å². The lowest BCUT2D eigenvalue weighted by Gasteiger charge is -2.46. The molecule has 1 aliphatic heterocycles. The van der Waals surface area contributed by atoms with E-state index in [4.69, 9.17) is 4.74 Å². The van der Waals surface area contributed by atoms with Gasteiger partial charge < -0.3 is 10.1 Å². The number of hydrogen-bond acceptors (Lipinski definition) is 3. The van der Waals surface area contributed by atoms with E-state index in [1.54, 1.807) is 7.11 Å². The SMILES string of the molecule is COc1cccc(CCN2CC(C)(C)NCC2C(C)C)c1. The molecule has 0 aliphatic carbocycles. The van der Waals surface area contributed by atoms with Crippen molar-refractivity contribution in [1.82, 2.24) is 10.2 Å². The fraction of sp³-hybridized carbons (Fsp3) is 0.667. The van der Waals surface area contributed by atoms with E-state index in [2.05, 4.69) is 56.1 Å². The molecule has 3 nitrogen and oxygen atoms in total. The monoisotopic (exact) mass is 290 g/mol. The Hall–Kier alpha value is -1.06. The van der Waals surface area contributed by atoms with Crippen molar-refractivity contribution in [2.75, 3.05) is 26.7 Å². The summed E-state index contributed by atoms with van der Waals surface area (Å²) in [5, 5.41) is 3.67. The molecule has 118 valence electrons. The Bertz CT molecular complexity index is 456. The van der Waals surface area contributed by atoms with Crippen LogP contribution in [-0.2, 0) is 6.42 Å². The zero-order valence-corrected chi connectivity index (χ0v) is 14.1. The maximum absolute atomic E-state index is 5.32. The number of hydrogen-bond donors (Lipinski definition) is 1. The average molecular weight is 290 g/mol. The van der Waals surface area contributed by atoms with Gasteiger partial charge >= 0.3 is 0 Å². The number of rotatable bonds is 5. The number of benzene rings is 1. The number of ether oxygens (including phenoxy) is 1. The van der Waals surface area contributed by atoms with E-state index >= 15 is 0 Å². The van der Waals surface area contributed by atoms with Crippen LogP contribution >= 0.6 is 0 Å². The second-order valence-corrected chi connectivity index (χ2v) is 7.15. The van der Waals surface area contributed by atoms with Gasteiger partial charge in [-0.05, 0) is 43.9 Å². The minimum Gasteiger partial charge on any atom is -0.497 e. The van der Waals surface area contributed by atoms with E-state index in [1.807, 2.05) is 6.07 Å². The van der Waals surface area contributed by atoms with Crippen molar-refractivity contribution in [3.05, 3.63) is 29.8 Å². The summed E-state index contributed by atoms with van der Waals surface area (Å²) in [6.45, 7) is 12.5. The van der Waals surface area contributed by atoms with Crippen molar-refractivity contribution >= 4 is 0 Å². The first-order valence-corrected chi connectivity index (χ1v) is 8.03. The van der Waals surface area contributed by atoms with Gasteiger partial charge in [-0.1, -0.05) is 26.0 Å². The molecule has 1 atom stereocenters. The Morgan fingerprint density at radius 2 is 2.14 bits per heavy atom. The smallest absolute Gasteiger partial charge is 0.119 e. The third kappa shape index (κ3) is 4.45. The summed E-state index contributed by atoms with van der Waals surface area (Å²) in [6, 6.07) is 9.06. The van der Waals surface area contributed by atoms with Crippen molar-refractivity contribution in [3.8, 4) is 5.75 Å².